The lowest BCUT2D eigenvalue weighted by molar-refractivity contribution is 0.276. The maximum atomic E-state index is 14.4. The van der Waals surface area contributed by atoms with Crippen LogP contribution in [0.3, 0.4) is 0 Å². The van der Waals surface area contributed by atoms with E-state index in [1.54, 1.807) is 10.6 Å². The molecule has 1 aliphatic carbocycles. The summed E-state index contributed by atoms with van der Waals surface area (Å²) in [5.41, 5.74) is 3.02. The first-order valence-electron chi connectivity index (χ1n) is 8.35. The van der Waals surface area contributed by atoms with Crippen molar-refractivity contribution in [2.24, 2.45) is 0 Å². The van der Waals surface area contributed by atoms with Crippen LogP contribution < -0.4 is 0 Å². The molecule has 1 fully saturated rings. The summed E-state index contributed by atoms with van der Waals surface area (Å²) >= 11 is 0. The molecule has 0 unspecified atom stereocenters. The Bertz CT molecular complexity index is 1100. The van der Waals surface area contributed by atoms with Crippen LogP contribution in [0.15, 0.2) is 30.9 Å². The summed E-state index contributed by atoms with van der Waals surface area (Å²) in [5, 5.41) is 10.3. The molecule has 1 saturated carbocycles. The van der Waals surface area contributed by atoms with Crippen LogP contribution in [0.1, 0.15) is 36.7 Å². The number of H-pyrrole nitrogens is 1. The molecule has 4 heterocycles. The van der Waals surface area contributed by atoms with Crippen molar-refractivity contribution in [3.05, 3.63) is 48.2 Å². The predicted octanol–water partition coefficient (Wildman–Crippen LogP) is 3.17. The van der Waals surface area contributed by atoms with Gasteiger partial charge in [0.15, 0.2) is 11.5 Å². The van der Waals surface area contributed by atoms with Gasteiger partial charge >= 0.3 is 0 Å². The summed E-state index contributed by atoms with van der Waals surface area (Å²) in [6, 6.07) is 1.45. The van der Waals surface area contributed by atoms with Gasteiger partial charge in [0.1, 0.15) is 11.5 Å². The number of halogens is 1. The monoisotopic (exact) mass is 337 g/mol. The maximum absolute atomic E-state index is 14.4. The molecular formula is C18H16FN5O. The third kappa shape index (κ3) is 2.16. The first-order chi connectivity index (χ1) is 12.2. The van der Waals surface area contributed by atoms with Crippen LogP contribution in [0.25, 0.3) is 27.8 Å². The number of aromatic amines is 1. The molecule has 4 aromatic heterocycles. The van der Waals surface area contributed by atoms with E-state index in [1.165, 1.54) is 18.7 Å². The number of imidazole rings is 1. The van der Waals surface area contributed by atoms with Crippen LogP contribution in [0, 0.1) is 5.82 Å². The molecule has 7 heteroatoms. The summed E-state index contributed by atoms with van der Waals surface area (Å²) in [6.45, 7) is -0.203. The zero-order valence-corrected chi connectivity index (χ0v) is 13.4. The number of fused-ring (bicyclic) bond motifs is 2. The van der Waals surface area contributed by atoms with Crippen molar-refractivity contribution in [2.75, 3.05) is 0 Å². The van der Waals surface area contributed by atoms with Crippen molar-refractivity contribution < 1.29 is 9.50 Å². The quantitative estimate of drug-likeness (QED) is 0.602. The lowest BCUT2D eigenvalue weighted by Crippen LogP contribution is -2.12. The highest BCUT2D eigenvalue weighted by molar-refractivity contribution is 5.93. The fourth-order valence-electron chi connectivity index (χ4n) is 3.38. The van der Waals surface area contributed by atoms with Crippen LogP contribution in [-0.4, -0.2) is 29.4 Å². The van der Waals surface area contributed by atoms with Crippen molar-refractivity contribution in [3.8, 4) is 11.1 Å². The fraction of sp³-hybridized carbons (Fsp3) is 0.278. The highest BCUT2D eigenvalue weighted by atomic mass is 19.1. The Labute approximate surface area is 142 Å². The first-order valence-corrected chi connectivity index (χ1v) is 8.35. The Morgan fingerprint density at radius 1 is 1.28 bits per heavy atom. The molecule has 0 spiro atoms. The summed E-state index contributed by atoms with van der Waals surface area (Å²) in [6.07, 6.45) is 10.4. The zero-order chi connectivity index (χ0) is 17.0. The van der Waals surface area contributed by atoms with Gasteiger partial charge in [-0.3, -0.25) is 4.40 Å². The minimum atomic E-state index is -0.432. The second-order valence-corrected chi connectivity index (χ2v) is 6.50. The average Bonchev–Trinajstić information content (AvgIpc) is 3.16. The molecule has 4 aromatic rings. The maximum Gasteiger partial charge on any atom is 0.173 e. The third-order valence-corrected chi connectivity index (χ3v) is 5.03. The van der Waals surface area contributed by atoms with E-state index in [-0.39, 0.29) is 12.3 Å². The highest BCUT2D eigenvalue weighted by Gasteiger charge is 2.23. The number of aliphatic hydroxyl groups excluding tert-OH is 1. The van der Waals surface area contributed by atoms with Gasteiger partial charge in [0.2, 0.25) is 0 Å². The molecular weight excluding hydrogens is 321 g/mol. The molecule has 0 amide bonds. The SMILES string of the molecule is OCc1cnc2c(F)cc(-c3c[nH]c4nc(C5CCC5)ncc34)cn12. The van der Waals surface area contributed by atoms with Gasteiger partial charge in [-0.05, 0) is 18.9 Å². The molecule has 0 saturated heterocycles. The molecule has 0 radical (unpaired) electrons. The fourth-order valence-corrected chi connectivity index (χ4v) is 3.38. The van der Waals surface area contributed by atoms with Gasteiger partial charge in [0.25, 0.3) is 0 Å². The van der Waals surface area contributed by atoms with Crippen LogP contribution in [-0.2, 0) is 6.61 Å². The summed E-state index contributed by atoms with van der Waals surface area (Å²) in [4.78, 5) is 16.3. The molecule has 2 N–H and O–H groups in total. The van der Waals surface area contributed by atoms with Crippen molar-refractivity contribution in [1.82, 2.24) is 24.3 Å². The topological polar surface area (TPSA) is 79.1 Å². The van der Waals surface area contributed by atoms with E-state index < -0.39 is 5.82 Å². The Morgan fingerprint density at radius 3 is 2.92 bits per heavy atom. The van der Waals surface area contributed by atoms with E-state index in [0.717, 1.165) is 35.3 Å². The number of aromatic nitrogens is 5. The normalized spacial score (nSPS) is 15.1. The molecule has 5 rings (SSSR count). The average molecular weight is 337 g/mol. The van der Waals surface area contributed by atoms with Gasteiger partial charge < -0.3 is 10.1 Å². The van der Waals surface area contributed by atoms with E-state index in [9.17, 15) is 9.50 Å². The summed E-state index contributed by atoms with van der Waals surface area (Å²) < 4.78 is 16.0. The number of hydrogen-bond donors (Lipinski definition) is 2. The minimum absolute atomic E-state index is 0.203. The first kappa shape index (κ1) is 14.5. The molecule has 1 aliphatic rings. The van der Waals surface area contributed by atoms with Crippen LogP contribution >= 0.6 is 0 Å². The van der Waals surface area contributed by atoms with Crippen LogP contribution in [0.2, 0.25) is 0 Å². The summed E-state index contributed by atoms with van der Waals surface area (Å²) in [7, 11) is 0. The van der Waals surface area contributed by atoms with Crippen molar-refractivity contribution >= 4 is 16.7 Å². The number of pyridine rings is 1. The molecule has 0 aromatic carbocycles. The zero-order valence-electron chi connectivity index (χ0n) is 13.4. The molecule has 25 heavy (non-hydrogen) atoms. The number of hydrogen-bond acceptors (Lipinski definition) is 4. The van der Waals surface area contributed by atoms with E-state index in [1.807, 2.05) is 12.4 Å². The van der Waals surface area contributed by atoms with E-state index in [4.69, 9.17) is 0 Å². The number of rotatable bonds is 3. The second kappa shape index (κ2) is 5.35. The standard InChI is InChI=1S/C18H16FN5O/c19-15-4-11(8-24-12(9-25)5-22-18(15)24)13-6-21-17-14(13)7-20-16(23-17)10-2-1-3-10/h4-8,10,25H,1-3,9H2,(H,20,21,23). The van der Waals surface area contributed by atoms with E-state index >= 15 is 0 Å². The third-order valence-electron chi connectivity index (χ3n) is 5.03. The Balaban J connectivity index is 1.66. The largest absolute Gasteiger partial charge is 0.390 e. The van der Waals surface area contributed by atoms with Gasteiger partial charge in [-0.25, -0.2) is 19.3 Å². The van der Waals surface area contributed by atoms with Gasteiger partial charge in [-0.2, -0.15) is 0 Å². The highest BCUT2D eigenvalue weighted by Crippen LogP contribution is 2.36. The van der Waals surface area contributed by atoms with Crippen LogP contribution in [0.5, 0.6) is 0 Å². The van der Waals surface area contributed by atoms with Gasteiger partial charge in [0.05, 0.1) is 18.5 Å². The molecule has 6 nitrogen and oxygen atoms in total. The molecule has 0 aliphatic heterocycles. The van der Waals surface area contributed by atoms with Gasteiger partial charge in [0, 0.05) is 41.0 Å². The molecule has 126 valence electrons. The number of aliphatic hydroxyl groups is 1. The van der Waals surface area contributed by atoms with Crippen molar-refractivity contribution in [2.45, 2.75) is 31.8 Å². The number of nitrogens with one attached hydrogen (secondary N) is 1. The van der Waals surface area contributed by atoms with E-state index in [2.05, 4.69) is 19.9 Å². The Morgan fingerprint density at radius 2 is 2.16 bits per heavy atom. The molecule has 0 atom stereocenters. The Kier molecular flexibility index (Phi) is 3.11. The predicted molar refractivity (Wildman–Crippen MR) is 90.5 cm³/mol. The second-order valence-electron chi connectivity index (χ2n) is 6.50. The van der Waals surface area contributed by atoms with Crippen molar-refractivity contribution in [1.29, 1.82) is 0 Å². The lowest BCUT2D eigenvalue weighted by Gasteiger charge is -2.23. The summed E-state index contributed by atoms with van der Waals surface area (Å²) in [5.74, 6) is 0.910. The van der Waals surface area contributed by atoms with Gasteiger partial charge in [-0.1, -0.05) is 6.42 Å². The van der Waals surface area contributed by atoms with Crippen molar-refractivity contribution in [3.63, 3.8) is 0 Å². The Hall–Kier alpha value is -2.80. The van der Waals surface area contributed by atoms with Gasteiger partial charge in [-0.15, -0.1) is 0 Å². The minimum Gasteiger partial charge on any atom is -0.390 e. The molecule has 0 bridgehead atoms. The lowest BCUT2D eigenvalue weighted by atomic mass is 9.85. The van der Waals surface area contributed by atoms with E-state index in [0.29, 0.717) is 17.2 Å². The van der Waals surface area contributed by atoms with Crippen LogP contribution in [0.4, 0.5) is 4.39 Å². The number of nitrogens with zero attached hydrogens (tertiary/aromatic N) is 4. The smallest absolute Gasteiger partial charge is 0.173 e.